The van der Waals surface area contributed by atoms with Crippen molar-refractivity contribution in [1.29, 1.82) is 0 Å². The van der Waals surface area contributed by atoms with Gasteiger partial charge in [-0.2, -0.15) is 14.6 Å². The molecule has 3 aromatic heterocycles. The van der Waals surface area contributed by atoms with Crippen molar-refractivity contribution >= 4 is 34.7 Å². The smallest absolute Gasteiger partial charge is 0.267 e. The minimum absolute atomic E-state index is 0.200. The van der Waals surface area contributed by atoms with E-state index in [0.29, 0.717) is 27.3 Å². The number of carbonyl (C=O) groups excluding carboxylic acids is 1. The first kappa shape index (κ1) is 18.0. The van der Waals surface area contributed by atoms with Gasteiger partial charge in [0.2, 0.25) is 0 Å². The van der Waals surface area contributed by atoms with E-state index in [2.05, 4.69) is 24.9 Å². The molecule has 1 amide bonds. The van der Waals surface area contributed by atoms with E-state index in [-0.39, 0.29) is 5.91 Å². The highest BCUT2D eigenvalue weighted by atomic mass is 35.5. The molecular weight excluding hydrogens is 408 g/mol. The molecule has 1 aliphatic carbocycles. The lowest BCUT2D eigenvalue weighted by atomic mass is 10.0. The van der Waals surface area contributed by atoms with Crippen molar-refractivity contribution < 1.29 is 4.79 Å². The highest BCUT2D eigenvalue weighted by molar-refractivity contribution is 7.08. The van der Waals surface area contributed by atoms with Crippen LogP contribution in [0.25, 0.3) is 17.1 Å². The summed E-state index contributed by atoms with van der Waals surface area (Å²) in [4.78, 5) is 19.2. The van der Waals surface area contributed by atoms with Gasteiger partial charge in [0, 0.05) is 11.1 Å². The number of nitrogens with one attached hydrogen (secondary N) is 1. The van der Waals surface area contributed by atoms with E-state index in [1.165, 1.54) is 16.3 Å². The van der Waals surface area contributed by atoms with Crippen LogP contribution in [0.4, 0.5) is 5.69 Å². The van der Waals surface area contributed by atoms with E-state index in [1.54, 1.807) is 24.7 Å². The average Bonchev–Trinajstić information content (AvgIpc) is 3.25. The Hall–Kier alpha value is -3.10. The first-order valence-electron chi connectivity index (χ1n) is 9.09. The molecule has 29 heavy (non-hydrogen) atoms. The third-order valence-electron chi connectivity index (χ3n) is 4.65. The number of rotatable bonds is 5. The molecule has 9 heteroatoms. The fourth-order valence-electron chi connectivity index (χ4n) is 3.18. The Kier molecular flexibility index (Phi) is 4.57. The highest BCUT2D eigenvalue weighted by Crippen LogP contribution is 2.47. The normalized spacial score (nSPS) is 13.4. The van der Waals surface area contributed by atoms with E-state index in [0.717, 1.165) is 29.7 Å². The van der Waals surface area contributed by atoms with Gasteiger partial charge in [-0.15, -0.1) is 4.80 Å². The number of aromatic nitrogens is 5. The summed E-state index contributed by atoms with van der Waals surface area (Å²) in [5.74, 6) is 0.589. The lowest BCUT2D eigenvalue weighted by molar-refractivity contribution is 0.102. The molecular formula is C20H15ClN6OS. The van der Waals surface area contributed by atoms with Crippen LogP contribution in [0.2, 0.25) is 5.02 Å². The van der Waals surface area contributed by atoms with E-state index >= 15 is 0 Å². The summed E-state index contributed by atoms with van der Waals surface area (Å²) in [5.41, 5.74) is 3.48. The second-order valence-electron chi connectivity index (χ2n) is 6.72. The van der Waals surface area contributed by atoms with Gasteiger partial charge in [0.1, 0.15) is 4.88 Å². The maximum absolute atomic E-state index is 13.0. The number of hydrogen-bond donors (Lipinski definition) is 1. The maximum atomic E-state index is 13.0. The number of benzene rings is 1. The van der Waals surface area contributed by atoms with Crippen LogP contribution in [0.1, 0.15) is 34.0 Å². The first-order valence-corrected chi connectivity index (χ1v) is 10.2. The van der Waals surface area contributed by atoms with Gasteiger partial charge < -0.3 is 5.32 Å². The van der Waals surface area contributed by atoms with Crippen molar-refractivity contribution in [2.24, 2.45) is 0 Å². The van der Waals surface area contributed by atoms with Crippen LogP contribution >= 0.6 is 23.1 Å². The molecule has 0 spiro atoms. The summed E-state index contributed by atoms with van der Waals surface area (Å²) in [7, 11) is 0. The second-order valence-corrected chi connectivity index (χ2v) is 7.90. The highest BCUT2D eigenvalue weighted by Gasteiger charge is 2.33. The number of halogens is 1. The summed E-state index contributed by atoms with van der Waals surface area (Å²) in [6.07, 6.45) is 6.79. The van der Waals surface area contributed by atoms with Crippen LogP contribution in [-0.4, -0.2) is 30.3 Å². The SMILES string of the molecule is O=C(Nc1cnc(-n2nccn2)c(Cl)c1)c1snc(-c2ccccc2)c1C1CC1. The maximum Gasteiger partial charge on any atom is 0.267 e. The summed E-state index contributed by atoms with van der Waals surface area (Å²) in [6, 6.07) is 11.6. The Balaban J connectivity index is 1.43. The predicted molar refractivity (Wildman–Crippen MR) is 112 cm³/mol. The molecule has 0 atom stereocenters. The van der Waals surface area contributed by atoms with Crippen molar-refractivity contribution in [2.45, 2.75) is 18.8 Å². The second kappa shape index (κ2) is 7.38. The number of amides is 1. The van der Waals surface area contributed by atoms with E-state index in [4.69, 9.17) is 11.6 Å². The molecule has 0 bridgehead atoms. The summed E-state index contributed by atoms with van der Waals surface area (Å²) in [6.45, 7) is 0. The molecule has 5 rings (SSSR count). The predicted octanol–water partition coefficient (Wildman–Crippen LogP) is 4.57. The van der Waals surface area contributed by atoms with Crippen molar-refractivity contribution in [3.8, 4) is 17.1 Å². The first-order chi connectivity index (χ1) is 14.2. The van der Waals surface area contributed by atoms with Gasteiger partial charge in [-0.1, -0.05) is 41.9 Å². The van der Waals surface area contributed by atoms with Crippen molar-refractivity contribution in [3.63, 3.8) is 0 Å². The van der Waals surface area contributed by atoms with Gasteiger partial charge in [-0.3, -0.25) is 4.79 Å². The molecule has 144 valence electrons. The van der Waals surface area contributed by atoms with Crippen LogP contribution in [0.5, 0.6) is 0 Å². The molecule has 0 radical (unpaired) electrons. The Bertz CT molecular complexity index is 1170. The molecule has 1 aromatic carbocycles. The van der Waals surface area contributed by atoms with Crippen LogP contribution in [-0.2, 0) is 0 Å². The molecule has 7 nitrogen and oxygen atoms in total. The molecule has 1 fully saturated rings. The van der Waals surface area contributed by atoms with Crippen LogP contribution < -0.4 is 5.32 Å². The number of anilines is 1. The number of pyridine rings is 1. The van der Waals surface area contributed by atoms with E-state index in [9.17, 15) is 4.79 Å². The quantitative estimate of drug-likeness (QED) is 0.509. The molecule has 4 aromatic rings. The Morgan fingerprint density at radius 3 is 2.62 bits per heavy atom. The van der Waals surface area contributed by atoms with Gasteiger partial charge in [-0.25, -0.2) is 4.98 Å². The zero-order valence-corrected chi connectivity index (χ0v) is 16.7. The summed E-state index contributed by atoms with van der Waals surface area (Å²) < 4.78 is 4.60. The van der Waals surface area contributed by atoms with Gasteiger partial charge in [-0.05, 0) is 36.4 Å². The van der Waals surface area contributed by atoms with E-state index in [1.807, 2.05) is 30.3 Å². The Morgan fingerprint density at radius 2 is 1.93 bits per heavy atom. The zero-order valence-electron chi connectivity index (χ0n) is 15.1. The fourth-order valence-corrected chi connectivity index (χ4v) is 4.30. The molecule has 1 N–H and O–H groups in total. The van der Waals surface area contributed by atoms with E-state index < -0.39 is 0 Å². The van der Waals surface area contributed by atoms with Crippen molar-refractivity contribution in [2.75, 3.05) is 5.32 Å². The number of hydrogen-bond acceptors (Lipinski definition) is 6. The Labute approximate surface area is 175 Å². The monoisotopic (exact) mass is 422 g/mol. The third-order valence-corrected chi connectivity index (χ3v) is 5.79. The van der Waals surface area contributed by atoms with Crippen molar-refractivity contribution in [3.05, 3.63) is 70.5 Å². The van der Waals surface area contributed by atoms with Gasteiger partial charge in [0.05, 0.1) is 35.0 Å². The van der Waals surface area contributed by atoms with Gasteiger partial charge in [0.15, 0.2) is 5.82 Å². The minimum atomic E-state index is -0.200. The van der Waals surface area contributed by atoms with Crippen LogP contribution in [0, 0.1) is 0 Å². The number of nitrogens with zero attached hydrogens (tertiary/aromatic N) is 5. The number of carbonyl (C=O) groups is 1. The van der Waals surface area contributed by atoms with Crippen LogP contribution in [0.15, 0.2) is 55.0 Å². The van der Waals surface area contributed by atoms with Gasteiger partial charge >= 0.3 is 0 Å². The molecule has 1 saturated carbocycles. The lowest BCUT2D eigenvalue weighted by Gasteiger charge is -2.08. The molecule has 0 saturated heterocycles. The molecule has 0 unspecified atom stereocenters. The van der Waals surface area contributed by atoms with Crippen molar-refractivity contribution in [1.82, 2.24) is 24.4 Å². The Morgan fingerprint density at radius 1 is 1.17 bits per heavy atom. The summed E-state index contributed by atoms with van der Waals surface area (Å²) in [5, 5.41) is 11.3. The average molecular weight is 423 g/mol. The van der Waals surface area contributed by atoms with Gasteiger partial charge in [0.25, 0.3) is 5.91 Å². The fraction of sp³-hybridized carbons (Fsp3) is 0.150. The van der Waals surface area contributed by atoms with Crippen LogP contribution in [0.3, 0.4) is 0 Å². The lowest BCUT2D eigenvalue weighted by Crippen LogP contribution is -2.13. The molecule has 0 aliphatic heterocycles. The third kappa shape index (κ3) is 3.52. The summed E-state index contributed by atoms with van der Waals surface area (Å²) >= 11 is 7.53. The largest absolute Gasteiger partial charge is 0.320 e. The molecule has 3 heterocycles. The standard InChI is InChI=1S/C20H15ClN6OS/c21-15-10-14(11-22-19(15)27-23-8-9-24-27)25-20(28)18-16(12-6-7-12)17(26-29-18)13-4-2-1-3-5-13/h1-5,8-12H,6-7H2,(H,25,28). The topological polar surface area (TPSA) is 85.6 Å². The minimum Gasteiger partial charge on any atom is -0.320 e. The zero-order chi connectivity index (χ0) is 19.8. The molecule has 1 aliphatic rings.